The lowest BCUT2D eigenvalue weighted by molar-refractivity contribution is -0.117. The molecular formula is C25H37FO2. The Hall–Kier alpha value is -0.960. The van der Waals surface area contributed by atoms with Gasteiger partial charge in [-0.05, 0) is 91.1 Å². The Bertz CT molecular complexity index is 707. The molecule has 4 rings (SSSR count). The van der Waals surface area contributed by atoms with Crippen LogP contribution >= 0.6 is 0 Å². The molecule has 0 bridgehead atoms. The molecule has 3 heteroatoms. The molecule has 1 unspecified atom stereocenters. The zero-order valence-electron chi connectivity index (χ0n) is 17.9. The number of hydrogen-bond donors (Lipinski definition) is 1. The second-order valence-electron chi connectivity index (χ2n) is 10.5. The first kappa shape index (κ1) is 20.3. The predicted molar refractivity (Wildman–Crippen MR) is 110 cm³/mol. The van der Waals surface area contributed by atoms with Crippen LogP contribution in [0.4, 0.5) is 4.39 Å². The Morgan fingerprint density at radius 3 is 2.64 bits per heavy atom. The van der Waals surface area contributed by atoms with Gasteiger partial charge in [0.25, 0.3) is 0 Å². The van der Waals surface area contributed by atoms with Gasteiger partial charge in [-0.2, -0.15) is 0 Å². The molecule has 0 spiro atoms. The van der Waals surface area contributed by atoms with Crippen LogP contribution in [0.15, 0.2) is 23.0 Å². The molecule has 156 valence electrons. The summed E-state index contributed by atoms with van der Waals surface area (Å²) in [6, 6.07) is 0. The molecule has 0 aromatic carbocycles. The highest BCUT2D eigenvalue weighted by molar-refractivity contribution is 5.91. The number of carbonyl (C=O) groups excluding carboxylic acids is 1. The molecule has 6 atom stereocenters. The fourth-order valence-corrected chi connectivity index (χ4v) is 7.86. The minimum absolute atomic E-state index is 0.0780. The third-order valence-electron chi connectivity index (χ3n) is 9.28. The van der Waals surface area contributed by atoms with E-state index < -0.39 is 6.61 Å². The van der Waals surface area contributed by atoms with Crippen LogP contribution in [0, 0.1) is 34.5 Å². The molecule has 0 aromatic heterocycles. The van der Waals surface area contributed by atoms with Gasteiger partial charge in [0.1, 0.15) is 5.83 Å². The largest absolute Gasteiger partial charge is 0.389 e. The molecule has 4 aliphatic rings. The zero-order chi connectivity index (χ0) is 20.1. The number of ketones is 1. The maximum absolute atomic E-state index is 14.5. The number of rotatable bonds is 4. The number of unbranched alkanes of at least 4 members (excludes halogenated alkanes) is 1. The second-order valence-corrected chi connectivity index (χ2v) is 10.5. The van der Waals surface area contributed by atoms with Crippen molar-refractivity contribution in [2.75, 3.05) is 6.61 Å². The molecule has 28 heavy (non-hydrogen) atoms. The van der Waals surface area contributed by atoms with Gasteiger partial charge >= 0.3 is 0 Å². The van der Waals surface area contributed by atoms with E-state index in [0.29, 0.717) is 35.9 Å². The van der Waals surface area contributed by atoms with Crippen molar-refractivity contribution in [3.63, 3.8) is 0 Å². The topological polar surface area (TPSA) is 37.3 Å². The molecule has 2 nitrogen and oxygen atoms in total. The van der Waals surface area contributed by atoms with Crippen molar-refractivity contribution in [1.29, 1.82) is 0 Å². The van der Waals surface area contributed by atoms with Gasteiger partial charge in [-0.25, -0.2) is 4.39 Å². The van der Waals surface area contributed by atoms with Crippen molar-refractivity contribution in [3.8, 4) is 0 Å². The second kappa shape index (κ2) is 7.38. The highest BCUT2D eigenvalue weighted by Gasteiger charge is 2.59. The Kier molecular flexibility index (Phi) is 5.35. The quantitative estimate of drug-likeness (QED) is 0.627. The van der Waals surface area contributed by atoms with Crippen LogP contribution < -0.4 is 0 Å². The van der Waals surface area contributed by atoms with Crippen molar-refractivity contribution in [3.05, 3.63) is 23.0 Å². The molecule has 0 aromatic rings. The maximum atomic E-state index is 14.5. The van der Waals surface area contributed by atoms with Gasteiger partial charge in [0.15, 0.2) is 5.78 Å². The third kappa shape index (κ3) is 2.95. The number of allylic oxidation sites excluding steroid dienone is 2. The first-order valence-corrected chi connectivity index (χ1v) is 11.6. The molecule has 4 aliphatic carbocycles. The fourth-order valence-electron chi connectivity index (χ4n) is 7.86. The Balaban J connectivity index is 1.71. The van der Waals surface area contributed by atoms with Gasteiger partial charge in [-0.15, -0.1) is 0 Å². The minimum Gasteiger partial charge on any atom is -0.389 e. The van der Waals surface area contributed by atoms with Gasteiger partial charge < -0.3 is 5.11 Å². The van der Waals surface area contributed by atoms with Gasteiger partial charge in [-0.3, -0.25) is 4.79 Å². The van der Waals surface area contributed by atoms with Crippen LogP contribution in [0.5, 0.6) is 0 Å². The Morgan fingerprint density at radius 1 is 1.18 bits per heavy atom. The number of fused-ring (bicyclic) bond motifs is 5. The van der Waals surface area contributed by atoms with E-state index in [-0.39, 0.29) is 16.7 Å². The summed E-state index contributed by atoms with van der Waals surface area (Å²) in [6.07, 6.45) is 12.5. The Morgan fingerprint density at radius 2 is 1.93 bits per heavy atom. The standard InChI is InChI=1S/C25H37FO2/c1-4-5-6-16-13-18-19-7-8-21(23(26)15-27)24(19,2)12-10-20(18)25(3)11-9-17(28)14-22(16)25/h14,16,18-20,27H,4-13,15H2,1-3H3/t16?,18-,19-,20-,24-,25+/m0/s1. The number of aliphatic hydroxyl groups is 1. The molecule has 0 amide bonds. The van der Waals surface area contributed by atoms with Crippen molar-refractivity contribution in [1.82, 2.24) is 0 Å². The van der Waals surface area contributed by atoms with Crippen LogP contribution in [0.2, 0.25) is 0 Å². The van der Waals surface area contributed by atoms with Gasteiger partial charge in [-0.1, -0.05) is 39.2 Å². The van der Waals surface area contributed by atoms with Gasteiger partial charge in [0.2, 0.25) is 0 Å². The van der Waals surface area contributed by atoms with Crippen LogP contribution in [0.25, 0.3) is 0 Å². The van der Waals surface area contributed by atoms with E-state index in [0.717, 1.165) is 37.7 Å². The van der Waals surface area contributed by atoms with Crippen molar-refractivity contribution >= 4 is 5.78 Å². The monoisotopic (exact) mass is 388 g/mol. The molecule has 3 saturated carbocycles. The van der Waals surface area contributed by atoms with E-state index in [4.69, 9.17) is 0 Å². The van der Waals surface area contributed by atoms with Crippen LogP contribution in [0.3, 0.4) is 0 Å². The number of aliphatic hydroxyl groups excluding tert-OH is 1. The smallest absolute Gasteiger partial charge is 0.155 e. The molecule has 3 fully saturated rings. The number of carbonyl (C=O) groups is 1. The van der Waals surface area contributed by atoms with E-state index in [1.54, 1.807) is 0 Å². The van der Waals surface area contributed by atoms with Gasteiger partial charge in [0, 0.05) is 6.42 Å². The number of hydrogen-bond acceptors (Lipinski definition) is 2. The molecular weight excluding hydrogens is 351 g/mol. The van der Waals surface area contributed by atoms with Crippen molar-refractivity contribution in [2.45, 2.75) is 85.0 Å². The van der Waals surface area contributed by atoms with E-state index in [1.807, 2.05) is 6.08 Å². The summed E-state index contributed by atoms with van der Waals surface area (Å²) in [5.74, 6) is 2.35. The first-order valence-electron chi connectivity index (χ1n) is 11.6. The van der Waals surface area contributed by atoms with Crippen molar-refractivity contribution in [2.24, 2.45) is 34.5 Å². The molecule has 0 heterocycles. The van der Waals surface area contributed by atoms with Crippen molar-refractivity contribution < 1.29 is 14.3 Å². The average Bonchev–Trinajstić information content (AvgIpc) is 3.04. The fraction of sp³-hybridized carbons (Fsp3) is 0.800. The molecule has 1 N–H and O–H groups in total. The first-order chi connectivity index (χ1) is 13.3. The summed E-state index contributed by atoms with van der Waals surface area (Å²) < 4.78 is 14.5. The van der Waals surface area contributed by atoms with Gasteiger partial charge in [0.05, 0.1) is 6.61 Å². The number of halogens is 1. The summed E-state index contributed by atoms with van der Waals surface area (Å²) in [5, 5.41) is 9.42. The lowest BCUT2D eigenvalue weighted by Crippen LogP contribution is -2.52. The summed E-state index contributed by atoms with van der Waals surface area (Å²) in [7, 11) is 0. The summed E-state index contributed by atoms with van der Waals surface area (Å²) >= 11 is 0. The highest BCUT2D eigenvalue weighted by atomic mass is 19.1. The lowest BCUT2D eigenvalue weighted by atomic mass is 9.45. The van der Waals surface area contributed by atoms with E-state index in [2.05, 4.69) is 20.8 Å². The van der Waals surface area contributed by atoms with Crippen LogP contribution in [-0.4, -0.2) is 17.5 Å². The SMILES string of the molecule is CCCCC1C[C@@H]2[C@H](CC[C@]3(C)C(=C(F)CO)CC[C@@H]23)[C@@]2(C)CCC(=O)C=C12. The van der Waals surface area contributed by atoms with E-state index in [1.165, 1.54) is 31.3 Å². The Labute approximate surface area is 169 Å². The molecule has 0 aliphatic heterocycles. The average molecular weight is 389 g/mol. The summed E-state index contributed by atoms with van der Waals surface area (Å²) in [6.45, 7) is 6.50. The maximum Gasteiger partial charge on any atom is 0.155 e. The minimum atomic E-state index is -0.447. The van der Waals surface area contributed by atoms with Crippen LogP contribution in [-0.2, 0) is 4.79 Å². The molecule has 0 saturated heterocycles. The third-order valence-corrected chi connectivity index (χ3v) is 9.28. The molecule has 0 radical (unpaired) electrons. The summed E-state index contributed by atoms with van der Waals surface area (Å²) in [4.78, 5) is 12.3. The lowest BCUT2D eigenvalue weighted by Gasteiger charge is -2.59. The summed E-state index contributed by atoms with van der Waals surface area (Å²) in [5.41, 5.74) is 2.44. The normalized spacial score (nSPS) is 44.5. The van der Waals surface area contributed by atoms with Crippen LogP contribution in [0.1, 0.15) is 85.0 Å². The van der Waals surface area contributed by atoms with E-state index in [9.17, 15) is 14.3 Å². The predicted octanol–water partition coefficient (Wildman–Crippen LogP) is 6.15. The highest BCUT2D eigenvalue weighted by Crippen LogP contribution is 2.68. The van der Waals surface area contributed by atoms with E-state index >= 15 is 0 Å². The zero-order valence-corrected chi connectivity index (χ0v) is 17.9.